The third kappa shape index (κ3) is 3.28. The maximum Gasteiger partial charge on any atom is 0.341 e. The predicted molar refractivity (Wildman–Crippen MR) is 77.9 cm³/mol. The number of carboxylic acid groups (broad SMARTS) is 1. The number of rotatable bonds is 4. The van der Waals surface area contributed by atoms with Gasteiger partial charge in [0.15, 0.2) is 5.78 Å². The van der Waals surface area contributed by atoms with Crippen LogP contribution < -0.4 is 0 Å². The van der Waals surface area contributed by atoms with Crippen molar-refractivity contribution in [1.82, 2.24) is 0 Å². The van der Waals surface area contributed by atoms with Crippen LogP contribution >= 0.6 is 34.9 Å². The molecule has 0 unspecified atom stereocenters. The summed E-state index contributed by atoms with van der Waals surface area (Å²) in [6.45, 7) is 0. The van der Waals surface area contributed by atoms with Gasteiger partial charge in [0.1, 0.15) is 5.57 Å². The van der Waals surface area contributed by atoms with Crippen LogP contribution in [-0.2, 0) is 9.59 Å². The number of thioether (sulfide) groups is 2. The van der Waals surface area contributed by atoms with Gasteiger partial charge in [-0.25, -0.2) is 4.79 Å². The molecule has 94 valence electrons. The van der Waals surface area contributed by atoms with Crippen LogP contribution in [0.3, 0.4) is 0 Å². The molecule has 1 aromatic heterocycles. The average Bonchev–Trinajstić information content (AvgIpc) is 2.99. The minimum absolute atomic E-state index is 0.102. The third-order valence-corrected chi connectivity index (χ3v) is 5.71. The van der Waals surface area contributed by atoms with Crippen LogP contribution in [0.15, 0.2) is 33.4 Å². The van der Waals surface area contributed by atoms with Gasteiger partial charge in [0.2, 0.25) is 0 Å². The average molecular weight is 298 g/mol. The molecule has 1 aliphatic rings. The second-order valence-corrected chi connectivity index (χ2v) is 6.83. The molecule has 1 aliphatic heterocycles. The molecule has 0 atom stereocenters. The molecule has 0 radical (unpaired) electrons. The summed E-state index contributed by atoms with van der Waals surface area (Å²) in [5.74, 6) is 0.137. The second-order valence-electron chi connectivity index (χ2n) is 3.38. The molecule has 0 aromatic carbocycles. The zero-order valence-electron chi connectivity index (χ0n) is 9.29. The van der Waals surface area contributed by atoms with Gasteiger partial charge >= 0.3 is 5.97 Å². The summed E-state index contributed by atoms with van der Waals surface area (Å²) < 4.78 is 0.628. The number of allylic oxidation sites excluding steroid dienone is 1. The molecule has 0 saturated carbocycles. The van der Waals surface area contributed by atoms with E-state index >= 15 is 0 Å². The molecule has 6 heteroatoms. The molecule has 2 rings (SSSR count). The standard InChI is InChI=1S/C12H10O3S3/c13-9(4-3-8-2-1-5-16-8)10(11(14)15)12-17-6-7-18-12/h1-5H,6-7H2,(H,14,15). The van der Waals surface area contributed by atoms with Gasteiger partial charge in [-0.1, -0.05) is 6.07 Å². The van der Waals surface area contributed by atoms with E-state index in [4.69, 9.17) is 5.11 Å². The Balaban J connectivity index is 2.20. The van der Waals surface area contributed by atoms with Crippen LogP contribution in [0.2, 0.25) is 0 Å². The molecule has 0 amide bonds. The number of ketones is 1. The van der Waals surface area contributed by atoms with Crippen LogP contribution in [0, 0.1) is 0 Å². The number of carbonyl (C=O) groups is 2. The fourth-order valence-electron chi connectivity index (χ4n) is 1.38. The summed E-state index contributed by atoms with van der Waals surface area (Å²) >= 11 is 4.38. The highest BCUT2D eigenvalue weighted by atomic mass is 32.2. The molecule has 1 aromatic rings. The lowest BCUT2D eigenvalue weighted by Crippen LogP contribution is -2.11. The minimum atomic E-state index is -1.15. The molecule has 1 saturated heterocycles. The van der Waals surface area contributed by atoms with Crippen molar-refractivity contribution in [3.63, 3.8) is 0 Å². The van der Waals surface area contributed by atoms with E-state index in [1.165, 1.54) is 40.9 Å². The van der Waals surface area contributed by atoms with E-state index in [9.17, 15) is 9.59 Å². The smallest absolute Gasteiger partial charge is 0.341 e. The Morgan fingerprint density at radius 2 is 2.00 bits per heavy atom. The van der Waals surface area contributed by atoms with E-state index in [1.807, 2.05) is 17.5 Å². The highest BCUT2D eigenvalue weighted by molar-refractivity contribution is 8.25. The molecule has 0 aliphatic carbocycles. The first kappa shape index (κ1) is 13.5. The van der Waals surface area contributed by atoms with Crippen LogP contribution in [0.5, 0.6) is 0 Å². The van der Waals surface area contributed by atoms with Gasteiger partial charge in [-0.05, 0) is 23.6 Å². The van der Waals surface area contributed by atoms with E-state index in [-0.39, 0.29) is 5.57 Å². The fraction of sp³-hybridized carbons (Fsp3) is 0.167. The summed E-state index contributed by atoms with van der Waals surface area (Å²) in [7, 11) is 0. The highest BCUT2D eigenvalue weighted by Gasteiger charge is 2.24. The summed E-state index contributed by atoms with van der Waals surface area (Å²) in [5, 5.41) is 11.0. The Morgan fingerprint density at radius 1 is 1.28 bits per heavy atom. The number of aliphatic carboxylic acids is 1. The lowest BCUT2D eigenvalue weighted by molar-refractivity contribution is -0.134. The summed E-state index contributed by atoms with van der Waals surface area (Å²) in [4.78, 5) is 24.0. The largest absolute Gasteiger partial charge is 0.477 e. The van der Waals surface area contributed by atoms with Gasteiger partial charge in [-0.2, -0.15) is 0 Å². The lowest BCUT2D eigenvalue weighted by atomic mass is 10.2. The van der Waals surface area contributed by atoms with Crippen molar-refractivity contribution in [1.29, 1.82) is 0 Å². The number of carboxylic acids is 1. The Labute approximate surface area is 117 Å². The third-order valence-electron chi connectivity index (χ3n) is 2.16. The first-order valence-electron chi connectivity index (χ1n) is 5.17. The zero-order chi connectivity index (χ0) is 13.0. The molecule has 1 N–H and O–H groups in total. The Bertz CT molecular complexity index is 507. The van der Waals surface area contributed by atoms with Gasteiger partial charge < -0.3 is 5.11 Å². The first-order chi connectivity index (χ1) is 8.68. The van der Waals surface area contributed by atoms with Crippen molar-refractivity contribution in [3.8, 4) is 0 Å². The second kappa shape index (κ2) is 6.26. The Kier molecular flexibility index (Phi) is 4.68. The van der Waals surface area contributed by atoms with Crippen LogP contribution in [-0.4, -0.2) is 28.4 Å². The van der Waals surface area contributed by atoms with Crippen molar-refractivity contribution in [2.75, 3.05) is 11.5 Å². The van der Waals surface area contributed by atoms with Crippen molar-refractivity contribution in [3.05, 3.63) is 38.3 Å². The van der Waals surface area contributed by atoms with Crippen molar-refractivity contribution in [2.24, 2.45) is 0 Å². The number of hydrogen-bond acceptors (Lipinski definition) is 5. The quantitative estimate of drug-likeness (QED) is 0.526. The van der Waals surface area contributed by atoms with Gasteiger partial charge in [0, 0.05) is 16.4 Å². The lowest BCUT2D eigenvalue weighted by Gasteiger charge is -2.01. The number of carbonyl (C=O) groups excluding carboxylic acids is 1. The molecule has 3 nitrogen and oxygen atoms in total. The Morgan fingerprint density at radius 3 is 2.56 bits per heavy atom. The predicted octanol–water partition coefficient (Wildman–Crippen LogP) is 3.11. The zero-order valence-corrected chi connectivity index (χ0v) is 11.7. The summed E-state index contributed by atoms with van der Waals surface area (Å²) in [5.41, 5.74) is -0.102. The molecular formula is C12H10O3S3. The number of thiophene rings is 1. The topological polar surface area (TPSA) is 54.4 Å². The maximum atomic E-state index is 11.9. The molecule has 1 fully saturated rings. The molecular weight excluding hydrogens is 288 g/mol. The van der Waals surface area contributed by atoms with E-state index < -0.39 is 11.8 Å². The van der Waals surface area contributed by atoms with Crippen molar-refractivity contribution in [2.45, 2.75) is 0 Å². The first-order valence-corrected chi connectivity index (χ1v) is 8.02. The van der Waals surface area contributed by atoms with E-state index in [0.29, 0.717) is 4.24 Å². The van der Waals surface area contributed by atoms with Crippen LogP contribution in [0.25, 0.3) is 6.08 Å². The SMILES string of the molecule is O=C(O)C(C(=O)C=Cc1cccs1)=C1SCCS1. The molecule has 0 spiro atoms. The Hall–Kier alpha value is -0.980. The fourth-order valence-corrected chi connectivity index (χ4v) is 4.53. The van der Waals surface area contributed by atoms with Gasteiger partial charge in [0.05, 0.1) is 4.24 Å². The summed E-state index contributed by atoms with van der Waals surface area (Å²) in [6.07, 6.45) is 2.99. The van der Waals surface area contributed by atoms with Gasteiger partial charge in [0.25, 0.3) is 0 Å². The molecule has 0 bridgehead atoms. The van der Waals surface area contributed by atoms with E-state index in [1.54, 1.807) is 6.08 Å². The summed E-state index contributed by atoms with van der Waals surface area (Å²) in [6, 6.07) is 3.76. The minimum Gasteiger partial charge on any atom is -0.477 e. The molecule has 18 heavy (non-hydrogen) atoms. The number of hydrogen-bond donors (Lipinski definition) is 1. The highest BCUT2D eigenvalue weighted by Crippen LogP contribution is 2.39. The van der Waals surface area contributed by atoms with Crippen molar-refractivity contribution >= 4 is 52.7 Å². The van der Waals surface area contributed by atoms with Crippen LogP contribution in [0.1, 0.15) is 4.88 Å². The van der Waals surface area contributed by atoms with Gasteiger partial charge in [-0.15, -0.1) is 34.9 Å². The molecule has 2 heterocycles. The monoisotopic (exact) mass is 298 g/mol. The van der Waals surface area contributed by atoms with Crippen LogP contribution in [0.4, 0.5) is 0 Å². The van der Waals surface area contributed by atoms with Gasteiger partial charge in [-0.3, -0.25) is 4.79 Å². The van der Waals surface area contributed by atoms with E-state index in [0.717, 1.165) is 16.4 Å². The normalized spacial score (nSPS) is 15.2. The maximum absolute atomic E-state index is 11.9. The van der Waals surface area contributed by atoms with Crippen molar-refractivity contribution < 1.29 is 14.7 Å². The van der Waals surface area contributed by atoms with E-state index in [2.05, 4.69) is 0 Å².